The van der Waals surface area contributed by atoms with E-state index in [1.165, 1.54) is 0 Å². The second-order valence-corrected chi connectivity index (χ2v) is 4.90. The maximum absolute atomic E-state index is 11.1. The van der Waals surface area contributed by atoms with Crippen LogP contribution in [0.1, 0.15) is 29.0 Å². The number of amides is 1. The van der Waals surface area contributed by atoms with Crippen LogP contribution in [0.5, 0.6) is 0 Å². The minimum absolute atomic E-state index is 0.448. The van der Waals surface area contributed by atoms with Gasteiger partial charge in [-0.2, -0.15) is 5.10 Å². The van der Waals surface area contributed by atoms with Crippen molar-refractivity contribution in [3.8, 4) is 0 Å². The van der Waals surface area contributed by atoms with Gasteiger partial charge in [0.2, 0.25) is 5.91 Å². The van der Waals surface area contributed by atoms with Crippen LogP contribution in [0.3, 0.4) is 0 Å². The van der Waals surface area contributed by atoms with Crippen molar-refractivity contribution in [3.63, 3.8) is 0 Å². The van der Waals surface area contributed by atoms with Gasteiger partial charge in [0.1, 0.15) is 5.82 Å². The minimum Gasteiger partial charge on any atom is -0.381 e. The topological polar surface area (TPSA) is 82.5 Å². The summed E-state index contributed by atoms with van der Waals surface area (Å²) in [5, 5.41) is 4.43. The molecule has 0 atom stereocenters. The van der Waals surface area contributed by atoms with Crippen LogP contribution in [0.4, 0.5) is 0 Å². The first-order valence-electron chi connectivity index (χ1n) is 6.44. The summed E-state index contributed by atoms with van der Waals surface area (Å²) >= 11 is 0. The molecule has 0 spiro atoms. The predicted molar refractivity (Wildman–Crippen MR) is 68.8 cm³/mol. The molecule has 0 bridgehead atoms. The van der Waals surface area contributed by atoms with Crippen molar-refractivity contribution in [2.24, 2.45) is 11.7 Å². The lowest BCUT2D eigenvalue weighted by molar-refractivity contribution is 0.0659. The van der Waals surface area contributed by atoms with E-state index in [-0.39, 0.29) is 0 Å². The number of rotatable bonds is 3. The van der Waals surface area contributed by atoms with Gasteiger partial charge in [-0.3, -0.25) is 4.79 Å². The number of nitrogens with zero attached hydrogens (tertiary/aromatic N) is 3. The normalized spacial score (nSPS) is 16.8. The first-order valence-corrected chi connectivity index (χ1v) is 6.44. The SMILES string of the molecule is NC(=O)c1cc2cnc(CC3CCOCC3)nn2c1. The zero-order valence-corrected chi connectivity index (χ0v) is 10.6. The molecule has 2 aromatic heterocycles. The Kier molecular flexibility index (Phi) is 3.16. The molecule has 100 valence electrons. The quantitative estimate of drug-likeness (QED) is 0.884. The molecule has 6 nitrogen and oxygen atoms in total. The van der Waals surface area contributed by atoms with Gasteiger partial charge in [0.05, 0.1) is 17.3 Å². The fourth-order valence-corrected chi connectivity index (χ4v) is 2.38. The Labute approximate surface area is 110 Å². The second kappa shape index (κ2) is 4.97. The number of ether oxygens (including phenoxy) is 1. The third-order valence-corrected chi connectivity index (χ3v) is 3.49. The number of hydrogen-bond acceptors (Lipinski definition) is 4. The maximum Gasteiger partial charge on any atom is 0.250 e. The molecule has 1 aliphatic heterocycles. The number of carbonyl (C=O) groups excluding carboxylic acids is 1. The molecule has 2 N–H and O–H groups in total. The number of carbonyl (C=O) groups is 1. The molecule has 3 rings (SSSR count). The lowest BCUT2D eigenvalue weighted by Crippen LogP contribution is -2.19. The number of hydrogen-bond donors (Lipinski definition) is 1. The zero-order valence-electron chi connectivity index (χ0n) is 10.6. The molecule has 0 unspecified atom stereocenters. The maximum atomic E-state index is 11.1. The van der Waals surface area contributed by atoms with Crippen molar-refractivity contribution in [3.05, 3.63) is 29.8 Å². The van der Waals surface area contributed by atoms with Crippen LogP contribution in [0.25, 0.3) is 5.52 Å². The molecule has 6 heteroatoms. The monoisotopic (exact) mass is 260 g/mol. The molecular weight excluding hydrogens is 244 g/mol. The van der Waals surface area contributed by atoms with E-state index in [1.807, 2.05) is 0 Å². The second-order valence-electron chi connectivity index (χ2n) is 4.90. The summed E-state index contributed by atoms with van der Waals surface area (Å²) in [5.41, 5.74) is 6.49. The Balaban J connectivity index is 1.82. The van der Waals surface area contributed by atoms with Gasteiger partial charge < -0.3 is 10.5 Å². The van der Waals surface area contributed by atoms with Crippen molar-refractivity contribution in [2.75, 3.05) is 13.2 Å². The van der Waals surface area contributed by atoms with E-state index in [1.54, 1.807) is 23.0 Å². The predicted octanol–water partition coefficient (Wildman–Crippen LogP) is 0.797. The molecule has 19 heavy (non-hydrogen) atoms. The van der Waals surface area contributed by atoms with Crippen molar-refractivity contribution in [2.45, 2.75) is 19.3 Å². The highest BCUT2D eigenvalue weighted by Crippen LogP contribution is 2.18. The van der Waals surface area contributed by atoms with E-state index < -0.39 is 5.91 Å². The minimum atomic E-state index is -0.448. The van der Waals surface area contributed by atoms with Crippen LogP contribution in [0.2, 0.25) is 0 Å². The van der Waals surface area contributed by atoms with E-state index in [9.17, 15) is 4.79 Å². The largest absolute Gasteiger partial charge is 0.381 e. The summed E-state index contributed by atoms with van der Waals surface area (Å²) in [5.74, 6) is 0.930. The average Bonchev–Trinajstić information content (AvgIpc) is 2.83. The average molecular weight is 260 g/mol. The number of nitrogens with two attached hydrogens (primary N) is 1. The molecule has 2 aromatic rings. The van der Waals surface area contributed by atoms with Gasteiger partial charge in [-0.15, -0.1) is 0 Å². The van der Waals surface area contributed by atoms with Crippen molar-refractivity contribution in [1.82, 2.24) is 14.6 Å². The molecule has 0 radical (unpaired) electrons. The van der Waals surface area contributed by atoms with Crippen LogP contribution in [-0.4, -0.2) is 33.7 Å². The summed E-state index contributed by atoms with van der Waals surface area (Å²) in [6, 6.07) is 1.70. The van der Waals surface area contributed by atoms with E-state index in [2.05, 4.69) is 10.1 Å². The van der Waals surface area contributed by atoms with E-state index in [0.29, 0.717) is 11.5 Å². The fraction of sp³-hybridized carbons (Fsp3) is 0.462. The van der Waals surface area contributed by atoms with Crippen LogP contribution < -0.4 is 5.73 Å². The van der Waals surface area contributed by atoms with Crippen LogP contribution >= 0.6 is 0 Å². The summed E-state index contributed by atoms with van der Waals surface area (Å²) < 4.78 is 7.01. The standard InChI is InChI=1S/C13H16N4O2/c14-13(18)10-6-11-7-15-12(16-17(11)8-10)5-9-1-3-19-4-2-9/h6-9H,1-5H2,(H2,14,18). The van der Waals surface area contributed by atoms with Gasteiger partial charge in [-0.1, -0.05) is 0 Å². The molecule has 1 amide bonds. The summed E-state index contributed by atoms with van der Waals surface area (Å²) in [4.78, 5) is 15.5. The highest BCUT2D eigenvalue weighted by Gasteiger charge is 2.16. The highest BCUT2D eigenvalue weighted by atomic mass is 16.5. The molecule has 0 aliphatic carbocycles. The molecule has 1 saturated heterocycles. The first kappa shape index (κ1) is 12.1. The van der Waals surface area contributed by atoms with E-state index in [0.717, 1.165) is 43.8 Å². The Hall–Kier alpha value is -1.95. The van der Waals surface area contributed by atoms with Crippen molar-refractivity contribution >= 4 is 11.4 Å². The van der Waals surface area contributed by atoms with Gasteiger partial charge in [-0.05, 0) is 24.8 Å². The molecule has 0 saturated carbocycles. The lowest BCUT2D eigenvalue weighted by atomic mass is 9.96. The Bertz CT molecular complexity index is 602. The van der Waals surface area contributed by atoms with Gasteiger partial charge in [0, 0.05) is 25.8 Å². The van der Waals surface area contributed by atoms with Gasteiger partial charge in [0.25, 0.3) is 0 Å². The number of aromatic nitrogens is 3. The highest BCUT2D eigenvalue weighted by molar-refractivity contribution is 5.94. The fourth-order valence-electron chi connectivity index (χ4n) is 2.38. The molecule has 0 aromatic carbocycles. The van der Waals surface area contributed by atoms with Gasteiger partial charge in [0.15, 0.2) is 0 Å². The third-order valence-electron chi connectivity index (χ3n) is 3.49. The Morgan fingerprint density at radius 2 is 2.26 bits per heavy atom. The van der Waals surface area contributed by atoms with Crippen LogP contribution in [0.15, 0.2) is 18.5 Å². The zero-order chi connectivity index (χ0) is 13.2. The Morgan fingerprint density at radius 1 is 1.47 bits per heavy atom. The van der Waals surface area contributed by atoms with Crippen molar-refractivity contribution < 1.29 is 9.53 Å². The summed E-state index contributed by atoms with van der Waals surface area (Å²) in [6.07, 6.45) is 6.34. The van der Waals surface area contributed by atoms with Crippen LogP contribution in [-0.2, 0) is 11.2 Å². The molecule has 1 fully saturated rings. The lowest BCUT2D eigenvalue weighted by Gasteiger charge is -2.20. The van der Waals surface area contributed by atoms with Crippen LogP contribution in [0, 0.1) is 5.92 Å². The summed E-state index contributed by atoms with van der Waals surface area (Å²) in [6.45, 7) is 1.64. The third kappa shape index (κ3) is 2.58. The molecular formula is C13H16N4O2. The summed E-state index contributed by atoms with van der Waals surface area (Å²) in [7, 11) is 0. The Morgan fingerprint density at radius 3 is 3.00 bits per heavy atom. The number of primary amides is 1. The smallest absolute Gasteiger partial charge is 0.250 e. The number of fused-ring (bicyclic) bond motifs is 1. The van der Waals surface area contributed by atoms with E-state index in [4.69, 9.17) is 10.5 Å². The van der Waals surface area contributed by atoms with Gasteiger partial charge >= 0.3 is 0 Å². The molecule has 1 aliphatic rings. The van der Waals surface area contributed by atoms with Gasteiger partial charge in [-0.25, -0.2) is 9.50 Å². The molecule has 3 heterocycles. The van der Waals surface area contributed by atoms with E-state index >= 15 is 0 Å². The van der Waals surface area contributed by atoms with Crippen molar-refractivity contribution in [1.29, 1.82) is 0 Å². The first-order chi connectivity index (χ1) is 9.22.